The first kappa shape index (κ1) is 12.8. The Balaban J connectivity index is 3.13. The van der Waals surface area contributed by atoms with E-state index >= 15 is 0 Å². The Kier molecular flexibility index (Phi) is 6.16. The summed E-state index contributed by atoms with van der Waals surface area (Å²) in [5, 5.41) is 8.37. The number of aliphatic carboxylic acids is 1. The summed E-state index contributed by atoms with van der Waals surface area (Å²) >= 11 is 1.79. The fraction of sp³-hybridized carbons (Fsp3) is 0.889. The van der Waals surface area contributed by atoms with Crippen molar-refractivity contribution in [1.29, 1.82) is 0 Å². The van der Waals surface area contributed by atoms with Crippen molar-refractivity contribution in [2.24, 2.45) is 5.73 Å². The van der Waals surface area contributed by atoms with Gasteiger partial charge in [0.2, 0.25) is 0 Å². The summed E-state index contributed by atoms with van der Waals surface area (Å²) in [6.07, 6.45) is 2.02. The lowest BCUT2D eigenvalue weighted by Gasteiger charge is -2.17. The standard InChI is InChI=1S/C9H19NO2S/c1-9(2,10)7-13-6-4-3-5-8(11)12/h3-7,10H2,1-2H3,(H,11,12). The number of unbranched alkanes of at least 4 members (excludes halogenated alkanes) is 1. The van der Waals surface area contributed by atoms with Crippen LogP contribution in [0.1, 0.15) is 33.1 Å². The summed E-state index contributed by atoms with van der Waals surface area (Å²) in [7, 11) is 0. The van der Waals surface area contributed by atoms with E-state index in [2.05, 4.69) is 0 Å². The second-order valence-corrected chi connectivity index (χ2v) is 5.00. The number of hydrogen-bond donors (Lipinski definition) is 2. The molecule has 0 fully saturated rings. The lowest BCUT2D eigenvalue weighted by Crippen LogP contribution is -2.34. The molecule has 0 unspecified atom stereocenters. The van der Waals surface area contributed by atoms with Gasteiger partial charge in [0.05, 0.1) is 0 Å². The van der Waals surface area contributed by atoms with Gasteiger partial charge in [0.25, 0.3) is 0 Å². The quantitative estimate of drug-likeness (QED) is 0.621. The summed E-state index contributed by atoms with van der Waals surface area (Å²) in [4.78, 5) is 10.2. The summed E-state index contributed by atoms with van der Waals surface area (Å²) in [6.45, 7) is 3.99. The molecule has 0 heterocycles. The van der Waals surface area contributed by atoms with E-state index in [4.69, 9.17) is 10.8 Å². The molecule has 78 valence electrons. The van der Waals surface area contributed by atoms with Crippen molar-refractivity contribution in [1.82, 2.24) is 0 Å². The number of carboxylic acid groups (broad SMARTS) is 1. The van der Waals surface area contributed by atoms with E-state index in [1.165, 1.54) is 0 Å². The van der Waals surface area contributed by atoms with Crippen molar-refractivity contribution in [3.05, 3.63) is 0 Å². The molecule has 13 heavy (non-hydrogen) atoms. The molecule has 0 aromatic carbocycles. The average molecular weight is 205 g/mol. The van der Waals surface area contributed by atoms with Crippen molar-refractivity contribution in [2.75, 3.05) is 11.5 Å². The first-order valence-electron chi connectivity index (χ1n) is 4.50. The molecule has 0 bridgehead atoms. The van der Waals surface area contributed by atoms with Crippen LogP contribution in [0.25, 0.3) is 0 Å². The Bertz CT molecular complexity index is 154. The van der Waals surface area contributed by atoms with Gasteiger partial charge in [-0.25, -0.2) is 0 Å². The van der Waals surface area contributed by atoms with Crippen LogP contribution in [0.5, 0.6) is 0 Å². The van der Waals surface area contributed by atoms with E-state index in [9.17, 15) is 4.79 Å². The third kappa shape index (κ3) is 11.8. The Morgan fingerprint density at radius 2 is 2.08 bits per heavy atom. The number of thioether (sulfide) groups is 1. The molecule has 0 aliphatic carbocycles. The highest BCUT2D eigenvalue weighted by Gasteiger charge is 2.09. The molecule has 0 rings (SSSR count). The van der Waals surface area contributed by atoms with Gasteiger partial charge in [0.15, 0.2) is 0 Å². The summed E-state index contributed by atoms with van der Waals surface area (Å²) < 4.78 is 0. The molecule has 0 aromatic heterocycles. The number of carbonyl (C=O) groups is 1. The SMILES string of the molecule is CC(C)(N)CSCCCCC(=O)O. The monoisotopic (exact) mass is 205 g/mol. The topological polar surface area (TPSA) is 63.3 Å². The zero-order valence-corrected chi connectivity index (χ0v) is 9.19. The van der Waals surface area contributed by atoms with E-state index < -0.39 is 5.97 Å². The fourth-order valence-electron chi connectivity index (χ4n) is 0.816. The molecule has 0 saturated heterocycles. The van der Waals surface area contributed by atoms with Crippen LogP contribution in [-0.4, -0.2) is 28.1 Å². The van der Waals surface area contributed by atoms with Gasteiger partial charge in [-0.3, -0.25) is 4.79 Å². The molecular weight excluding hydrogens is 186 g/mol. The Labute approximate surface area is 84.1 Å². The predicted molar refractivity (Wildman–Crippen MR) is 57.1 cm³/mol. The molecule has 0 aliphatic rings. The summed E-state index contributed by atoms with van der Waals surface area (Å²) in [5.74, 6) is 1.23. The highest BCUT2D eigenvalue weighted by Crippen LogP contribution is 2.12. The van der Waals surface area contributed by atoms with Crippen molar-refractivity contribution in [3.8, 4) is 0 Å². The van der Waals surface area contributed by atoms with Crippen molar-refractivity contribution >= 4 is 17.7 Å². The lowest BCUT2D eigenvalue weighted by atomic mass is 10.1. The van der Waals surface area contributed by atoms with Crippen LogP contribution < -0.4 is 5.73 Å². The number of nitrogens with two attached hydrogens (primary N) is 1. The second kappa shape index (κ2) is 6.27. The third-order valence-electron chi connectivity index (χ3n) is 1.40. The highest BCUT2D eigenvalue weighted by molar-refractivity contribution is 7.99. The highest BCUT2D eigenvalue weighted by atomic mass is 32.2. The van der Waals surface area contributed by atoms with Crippen molar-refractivity contribution < 1.29 is 9.90 Å². The number of rotatable bonds is 7. The fourth-order valence-corrected chi connectivity index (χ4v) is 1.89. The van der Waals surface area contributed by atoms with Crippen LogP contribution in [0.2, 0.25) is 0 Å². The van der Waals surface area contributed by atoms with E-state index in [-0.39, 0.29) is 12.0 Å². The molecule has 0 aromatic rings. The normalized spacial score (nSPS) is 11.6. The van der Waals surface area contributed by atoms with Gasteiger partial charge in [-0.05, 0) is 32.4 Å². The Morgan fingerprint density at radius 3 is 2.54 bits per heavy atom. The van der Waals surface area contributed by atoms with Gasteiger partial charge in [-0.2, -0.15) is 11.8 Å². The predicted octanol–water partition coefficient (Wildman–Crippen LogP) is 1.71. The van der Waals surface area contributed by atoms with Gasteiger partial charge >= 0.3 is 5.97 Å². The van der Waals surface area contributed by atoms with E-state index in [0.717, 1.165) is 24.3 Å². The minimum Gasteiger partial charge on any atom is -0.481 e. The molecule has 0 aliphatic heterocycles. The average Bonchev–Trinajstić information content (AvgIpc) is 1.93. The van der Waals surface area contributed by atoms with Gasteiger partial charge in [-0.1, -0.05) is 0 Å². The molecule has 0 amide bonds. The third-order valence-corrected chi connectivity index (χ3v) is 2.93. The first-order valence-corrected chi connectivity index (χ1v) is 5.66. The minimum absolute atomic E-state index is 0.114. The van der Waals surface area contributed by atoms with E-state index in [1.54, 1.807) is 11.8 Å². The second-order valence-electron chi connectivity index (χ2n) is 3.89. The molecule has 4 heteroatoms. The van der Waals surface area contributed by atoms with E-state index in [1.807, 2.05) is 13.8 Å². The molecule has 3 N–H and O–H groups in total. The van der Waals surface area contributed by atoms with Gasteiger partial charge in [0.1, 0.15) is 0 Å². The smallest absolute Gasteiger partial charge is 0.303 e. The maximum Gasteiger partial charge on any atom is 0.303 e. The number of carboxylic acids is 1. The number of hydrogen-bond acceptors (Lipinski definition) is 3. The van der Waals surface area contributed by atoms with Gasteiger partial charge < -0.3 is 10.8 Å². The zero-order valence-electron chi connectivity index (χ0n) is 8.38. The largest absolute Gasteiger partial charge is 0.481 e. The van der Waals surface area contributed by atoms with Crippen LogP contribution in [0.3, 0.4) is 0 Å². The van der Waals surface area contributed by atoms with Crippen LogP contribution in [-0.2, 0) is 4.79 Å². The minimum atomic E-state index is -0.704. The maximum atomic E-state index is 10.2. The van der Waals surface area contributed by atoms with Crippen LogP contribution in [0, 0.1) is 0 Å². The molecule has 0 radical (unpaired) electrons. The summed E-state index contributed by atoms with van der Waals surface area (Å²) in [6, 6.07) is 0. The maximum absolute atomic E-state index is 10.2. The van der Waals surface area contributed by atoms with Crippen LogP contribution >= 0.6 is 11.8 Å². The molecule has 3 nitrogen and oxygen atoms in total. The molecule has 0 saturated carbocycles. The van der Waals surface area contributed by atoms with Crippen molar-refractivity contribution in [3.63, 3.8) is 0 Å². The van der Waals surface area contributed by atoms with Crippen LogP contribution in [0.15, 0.2) is 0 Å². The summed E-state index contributed by atoms with van der Waals surface area (Å²) in [5.41, 5.74) is 5.67. The van der Waals surface area contributed by atoms with Crippen LogP contribution in [0.4, 0.5) is 0 Å². The van der Waals surface area contributed by atoms with Gasteiger partial charge in [0, 0.05) is 17.7 Å². The zero-order chi connectivity index (χ0) is 10.3. The molecular formula is C9H19NO2S. The van der Waals surface area contributed by atoms with Gasteiger partial charge in [-0.15, -0.1) is 0 Å². The van der Waals surface area contributed by atoms with E-state index in [0.29, 0.717) is 0 Å². The first-order chi connectivity index (χ1) is 5.92. The lowest BCUT2D eigenvalue weighted by molar-refractivity contribution is -0.137. The Morgan fingerprint density at radius 1 is 1.46 bits per heavy atom. The molecule has 0 atom stereocenters. The molecule has 0 spiro atoms. The Hall–Kier alpha value is -0.220. The van der Waals surface area contributed by atoms with Crippen molar-refractivity contribution in [2.45, 2.75) is 38.6 Å².